The van der Waals surface area contributed by atoms with Gasteiger partial charge in [-0.2, -0.15) is 0 Å². The smallest absolute Gasteiger partial charge is 0.0619 e. The van der Waals surface area contributed by atoms with Crippen molar-refractivity contribution in [3.05, 3.63) is 34.3 Å². The largest absolute Gasteiger partial charge is 0.376 e. The maximum Gasteiger partial charge on any atom is 0.0619 e. The Bertz CT molecular complexity index is 258. The van der Waals surface area contributed by atoms with Crippen molar-refractivity contribution >= 4 is 33.6 Å². The molecule has 1 aromatic carbocycles. The van der Waals surface area contributed by atoms with E-state index in [-0.39, 0.29) is 6.04 Å². The quantitative estimate of drug-likeness (QED) is 0.820. The normalized spacial score (nSPS) is 12.2. The molecule has 0 fully saturated rings. The molecule has 0 bridgehead atoms. The molecule has 1 nitrogen and oxygen atoms in total. The van der Waals surface area contributed by atoms with Crippen molar-refractivity contribution in [2.75, 3.05) is 0 Å². The fourth-order valence-corrected chi connectivity index (χ4v) is 1.42. The van der Waals surface area contributed by atoms with Crippen molar-refractivity contribution in [2.45, 2.75) is 13.0 Å². The Morgan fingerprint density at radius 3 is 2.50 bits per heavy atom. The van der Waals surface area contributed by atoms with E-state index in [0.717, 1.165) is 4.47 Å². The van der Waals surface area contributed by atoms with Crippen LogP contribution < -0.4 is 5.32 Å². The van der Waals surface area contributed by atoms with Gasteiger partial charge in [0.1, 0.15) is 0 Å². The molecule has 1 aromatic rings. The number of thiocarbonyl (C=S) groups is 1. The summed E-state index contributed by atoms with van der Waals surface area (Å²) in [6.45, 7) is 2.08. The zero-order valence-electron chi connectivity index (χ0n) is 6.75. The van der Waals surface area contributed by atoms with Crippen molar-refractivity contribution in [1.29, 1.82) is 0 Å². The summed E-state index contributed by atoms with van der Waals surface area (Å²) in [5.74, 6) is 0. The van der Waals surface area contributed by atoms with Gasteiger partial charge in [-0.05, 0) is 24.6 Å². The molecule has 0 saturated carbocycles. The van der Waals surface area contributed by atoms with E-state index in [1.54, 1.807) is 5.49 Å². The molecule has 3 heteroatoms. The fourth-order valence-electron chi connectivity index (χ4n) is 0.950. The molecule has 0 aliphatic carbocycles. The first kappa shape index (κ1) is 9.68. The first-order chi connectivity index (χ1) is 5.74. The lowest BCUT2D eigenvalue weighted by Gasteiger charge is -2.10. The summed E-state index contributed by atoms with van der Waals surface area (Å²) in [5.41, 5.74) is 2.78. The van der Waals surface area contributed by atoms with E-state index in [9.17, 15) is 0 Å². The summed E-state index contributed by atoms with van der Waals surface area (Å²) in [6.07, 6.45) is 0. The molecule has 1 rings (SSSR count). The third kappa shape index (κ3) is 2.57. The zero-order chi connectivity index (χ0) is 8.97. The number of rotatable bonds is 3. The third-order valence-corrected chi connectivity index (χ3v) is 2.35. The highest BCUT2D eigenvalue weighted by Gasteiger charge is 2.00. The van der Waals surface area contributed by atoms with Crippen LogP contribution >= 0.6 is 28.1 Å². The molecule has 0 radical (unpaired) electrons. The topological polar surface area (TPSA) is 12.0 Å². The molecule has 64 valence electrons. The van der Waals surface area contributed by atoms with Crippen LogP contribution in [0.15, 0.2) is 28.7 Å². The van der Waals surface area contributed by atoms with Crippen LogP contribution in [0, 0.1) is 0 Å². The number of hydrogen-bond donors (Lipinski definition) is 1. The molecule has 12 heavy (non-hydrogen) atoms. The van der Waals surface area contributed by atoms with Crippen LogP contribution in [0.4, 0.5) is 0 Å². The minimum absolute atomic E-state index is 0.288. The van der Waals surface area contributed by atoms with Gasteiger partial charge in [-0.25, -0.2) is 0 Å². The molecule has 0 amide bonds. The van der Waals surface area contributed by atoms with E-state index in [0.29, 0.717) is 0 Å². The second-order valence-electron chi connectivity index (χ2n) is 2.56. The average Bonchev–Trinajstić information content (AvgIpc) is 2.06. The van der Waals surface area contributed by atoms with Crippen LogP contribution in [0.2, 0.25) is 0 Å². The van der Waals surface area contributed by atoms with Crippen molar-refractivity contribution in [3.8, 4) is 0 Å². The van der Waals surface area contributed by atoms with Crippen LogP contribution in [-0.4, -0.2) is 5.49 Å². The first-order valence-corrected chi connectivity index (χ1v) is 4.95. The van der Waals surface area contributed by atoms with Crippen molar-refractivity contribution in [1.82, 2.24) is 5.32 Å². The summed E-state index contributed by atoms with van der Waals surface area (Å²) < 4.78 is 1.10. The highest BCUT2D eigenvalue weighted by molar-refractivity contribution is 9.10. The van der Waals surface area contributed by atoms with Crippen molar-refractivity contribution in [3.63, 3.8) is 0 Å². The molecule has 0 spiro atoms. The van der Waals surface area contributed by atoms with E-state index in [1.165, 1.54) is 5.56 Å². The number of halogens is 1. The fraction of sp³-hybridized carbons (Fsp3) is 0.222. The van der Waals surface area contributed by atoms with Gasteiger partial charge in [0.05, 0.1) is 5.49 Å². The Balaban J connectivity index is 2.74. The molecule has 1 N–H and O–H groups in total. The lowest BCUT2D eigenvalue weighted by Crippen LogP contribution is -2.14. The molecule has 0 saturated heterocycles. The van der Waals surface area contributed by atoms with Gasteiger partial charge in [0, 0.05) is 10.5 Å². The summed E-state index contributed by atoms with van der Waals surface area (Å²) in [6, 6.07) is 8.48. The second kappa shape index (κ2) is 4.58. The van der Waals surface area contributed by atoms with Crippen LogP contribution in [0.25, 0.3) is 0 Å². The summed E-state index contributed by atoms with van der Waals surface area (Å²) in [4.78, 5) is 0. The van der Waals surface area contributed by atoms with Gasteiger partial charge in [-0.3, -0.25) is 0 Å². The number of hydrogen-bond acceptors (Lipinski definition) is 1. The van der Waals surface area contributed by atoms with E-state index < -0.39 is 0 Å². The Morgan fingerprint density at radius 1 is 1.42 bits per heavy atom. The predicted octanol–water partition coefficient (Wildman–Crippen LogP) is 3.06. The monoisotopic (exact) mass is 243 g/mol. The Kier molecular flexibility index (Phi) is 3.69. The average molecular weight is 244 g/mol. The lowest BCUT2D eigenvalue weighted by atomic mass is 10.1. The van der Waals surface area contributed by atoms with Gasteiger partial charge < -0.3 is 5.32 Å². The molecular formula is C9H10BrNS. The molecule has 0 aromatic heterocycles. The molecule has 1 unspecified atom stereocenters. The van der Waals surface area contributed by atoms with Gasteiger partial charge in [0.15, 0.2) is 0 Å². The van der Waals surface area contributed by atoms with E-state index >= 15 is 0 Å². The highest BCUT2D eigenvalue weighted by atomic mass is 79.9. The Morgan fingerprint density at radius 2 is 2.00 bits per heavy atom. The van der Waals surface area contributed by atoms with E-state index in [2.05, 4.69) is 40.3 Å². The Labute approximate surface area is 86.3 Å². The third-order valence-electron chi connectivity index (χ3n) is 1.69. The number of nitrogens with one attached hydrogen (secondary N) is 1. The van der Waals surface area contributed by atoms with Gasteiger partial charge in [0.2, 0.25) is 0 Å². The standard InChI is InChI=1S/C9H10BrNS/c1-7(11-6-12)8-2-4-9(10)5-3-8/h2-7H,1H3,(H,11,12). The summed E-state index contributed by atoms with van der Waals surface area (Å²) >= 11 is 8.09. The second-order valence-corrected chi connectivity index (χ2v) is 3.71. The Hall–Kier alpha value is -0.410. The zero-order valence-corrected chi connectivity index (χ0v) is 9.15. The highest BCUT2D eigenvalue weighted by Crippen LogP contribution is 2.15. The van der Waals surface area contributed by atoms with Crippen LogP contribution in [0.5, 0.6) is 0 Å². The van der Waals surface area contributed by atoms with Gasteiger partial charge >= 0.3 is 0 Å². The van der Waals surface area contributed by atoms with E-state index in [4.69, 9.17) is 12.2 Å². The maximum atomic E-state index is 4.71. The minimum atomic E-state index is 0.288. The maximum absolute atomic E-state index is 4.71. The first-order valence-electron chi connectivity index (χ1n) is 3.69. The van der Waals surface area contributed by atoms with Gasteiger partial charge in [0.25, 0.3) is 0 Å². The van der Waals surface area contributed by atoms with Crippen LogP contribution in [-0.2, 0) is 0 Å². The minimum Gasteiger partial charge on any atom is -0.376 e. The molecule has 0 aliphatic rings. The summed E-state index contributed by atoms with van der Waals surface area (Å²) in [5, 5.41) is 3.06. The van der Waals surface area contributed by atoms with Crippen LogP contribution in [0.1, 0.15) is 18.5 Å². The van der Waals surface area contributed by atoms with Crippen molar-refractivity contribution < 1.29 is 0 Å². The lowest BCUT2D eigenvalue weighted by molar-refractivity contribution is 0.732. The van der Waals surface area contributed by atoms with Crippen LogP contribution in [0.3, 0.4) is 0 Å². The summed E-state index contributed by atoms with van der Waals surface area (Å²) in [7, 11) is 0. The molecule has 0 aliphatic heterocycles. The predicted molar refractivity (Wildman–Crippen MR) is 59.3 cm³/mol. The van der Waals surface area contributed by atoms with Gasteiger partial charge in [-0.1, -0.05) is 40.3 Å². The SMILES string of the molecule is CC(NC=S)c1ccc(Br)cc1. The van der Waals surface area contributed by atoms with Gasteiger partial charge in [-0.15, -0.1) is 0 Å². The molecule has 0 heterocycles. The molecule has 1 atom stereocenters. The van der Waals surface area contributed by atoms with Crippen molar-refractivity contribution in [2.24, 2.45) is 0 Å². The van der Waals surface area contributed by atoms with E-state index in [1.807, 2.05) is 12.1 Å². The molecular weight excluding hydrogens is 234 g/mol. The number of benzene rings is 1.